The average Bonchev–Trinajstić information content (AvgIpc) is 2.74. The number of benzene rings is 2. The molecule has 0 radical (unpaired) electrons. The van der Waals surface area contributed by atoms with Crippen LogP contribution in [0.4, 0.5) is 0 Å². The molecule has 1 saturated heterocycles. The second-order valence-corrected chi connectivity index (χ2v) is 7.64. The Labute approximate surface area is 172 Å². The van der Waals surface area contributed by atoms with E-state index in [0.717, 1.165) is 17.7 Å². The van der Waals surface area contributed by atoms with E-state index in [4.69, 9.17) is 0 Å². The lowest BCUT2D eigenvalue weighted by molar-refractivity contribution is -0.918. The molecule has 5 nitrogen and oxygen atoms in total. The minimum Gasteiger partial charge on any atom is -0.347 e. The molecule has 152 valence electrons. The maximum Gasteiger partial charge on any atom is 0.268 e. The smallest absolute Gasteiger partial charge is 0.268 e. The number of quaternary nitrogens is 1. The van der Waals surface area contributed by atoms with E-state index >= 15 is 0 Å². The fourth-order valence-electron chi connectivity index (χ4n) is 3.63. The Bertz CT molecular complexity index is 838. The molecule has 1 aliphatic rings. The topological polar surface area (TPSA) is 62.6 Å². The molecular formula is C24H30N3O2+. The van der Waals surface area contributed by atoms with Crippen molar-refractivity contribution in [2.24, 2.45) is 0 Å². The van der Waals surface area contributed by atoms with Crippen LogP contribution < -0.4 is 15.5 Å². The molecule has 2 amide bonds. The van der Waals surface area contributed by atoms with E-state index in [1.165, 1.54) is 44.8 Å². The number of likely N-dealkylation sites (tertiary alicyclic amines) is 1. The van der Waals surface area contributed by atoms with Crippen LogP contribution in [-0.4, -0.2) is 24.9 Å². The first-order chi connectivity index (χ1) is 14.1. The lowest BCUT2D eigenvalue weighted by Crippen LogP contribution is -3.11. The zero-order valence-corrected chi connectivity index (χ0v) is 17.0. The lowest BCUT2D eigenvalue weighted by Gasteiger charge is -2.23. The van der Waals surface area contributed by atoms with E-state index in [2.05, 4.69) is 34.9 Å². The van der Waals surface area contributed by atoms with Crippen molar-refractivity contribution in [1.82, 2.24) is 10.6 Å². The number of amides is 2. The third kappa shape index (κ3) is 6.88. The summed E-state index contributed by atoms with van der Waals surface area (Å²) in [5.74, 6) is -0.571. The van der Waals surface area contributed by atoms with Gasteiger partial charge in [0, 0.05) is 19.0 Å². The van der Waals surface area contributed by atoms with Crippen LogP contribution in [0, 0.1) is 0 Å². The molecule has 2 aromatic rings. The monoisotopic (exact) mass is 392 g/mol. The van der Waals surface area contributed by atoms with Crippen LogP contribution in [0.25, 0.3) is 6.08 Å². The van der Waals surface area contributed by atoms with E-state index in [9.17, 15) is 9.59 Å². The standard InChI is InChI=1S/C24H29N3O2/c1-19(28)26-23(16-20-8-4-2-5-9-20)24(29)25-17-21-10-12-22(13-11-21)18-27-14-6-3-7-15-27/h2,4-5,8-13,16H,3,6-7,14-15,17-18H2,1H3,(H,25,29)(H,26,28)/p+1/b23-16-. The molecule has 3 N–H and O–H groups in total. The van der Waals surface area contributed by atoms with Gasteiger partial charge in [0.15, 0.2) is 0 Å². The van der Waals surface area contributed by atoms with E-state index in [0.29, 0.717) is 6.54 Å². The summed E-state index contributed by atoms with van der Waals surface area (Å²) in [6, 6.07) is 17.9. The van der Waals surface area contributed by atoms with Crippen molar-refractivity contribution in [3.63, 3.8) is 0 Å². The number of rotatable bonds is 7. The van der Waals surface area contributed by atoms with Crippen LogP contribution in [0.2, 0.25) is 0 Å². The van der Waals surface area contributed by atoms with Gasteiger partial charge in [0.05, 0.1) is 13.1 Å². The number of piperidine rings is 1. The Balaban J connectivity index is 1.57. The molecule has 1 fully saturated rings. The van der Waals surface area contributed by atoms with Crippen molar-refractivity contribution < 1.29 is 14.5 Å². The summed E-state index contributed by atoms with van der Waals surface area (Å²) in [7, 11) is 0. The van der Waals surface area contributed by atoms with Crippen LogP contribution in [0.3, 0.4) is 0 Å². The third-order valence-corrected chi connectivity index (χ3v) is 5.16. The van der Waals surface area contributed by atoms with Gasteiger partial charge in [-0.3, -0.25) is 9.59 Å². The number of hydrogen-bond donors (Lipinski definition) is 3. The molecular weight excluding hydrogens is 362 g/mol. The van der Waals surface area contributed by atoms with Gasteiger partial charge in [-0.1, -0.05) is 54.6 Å². The first kappa shape index (κ1) is 20.8. The molecule has 3 rings (SSSR count). The maximum atomic E-state index is 12.6. The van der Waals surface area contributed by atoms with Crippen molar-refractivity contribution in [2.45, 2.75) is 39.3 Å². The summed E-state index contributed by atoms with van der Waals surface area (Å²) >= 11 is 0. The molecule has 0 saturated carbocycles. The van der Waals surface area contributed by atoms with Crippen molar-refractivity contribution in [3.8, 4) is 0 Å². The number of carbonyl (C=O) groups excluding carboxylic acids is 2. The highest BCUT2D eigenvalue weighted by molar-refractivity contribution is 6.00. The summed E-state index contributed by atoms with van der Waals surface area (Å²) in [5.41, 5.74) is 3.47. The molecule has 29 heavy (non-hydrogen) atoms. The first-order valence-electron chi connectivity index (χ1n) is 10.3. The van der Waals surface area contributed by atoms with E-state index < -0.39 is 0 Å². The minimum absolute atomic E-state index is 0.244. The molecule has 5 heteroatoms. The zero-order chi connectivity index (χ0) is 20.5. The normalized spacial score (nSPS) is 15.0. The summed E-state index contributed by atoms with van der Waals surface area (Å²) < 4.78 is 0. The molecule has 1 aliphatic heterocycles. The predicted molar refractivity (Wildman–Crippen MR) is 115 cm³/mol. The highest BCUT2D eigenvalue weighted by Crippen LogP contribution is 2.07. The molecule has 2 aromatic carbocycles. The summed E-state index contributed by atoms with van der Waals surface area (Å²) in [5, 5.41) is 5.52. The van der Waals surface area contributed by atoms with Gasteiger partial charge in [0.25, 0.3) is 5.91 Å². The number of carbonyl (C=O) groups is 2. The van der Waals surface area contributed by atoms with Gasteiger partial charge in [-0.25, -0.2) is 0 Å². The molecule has 0 bridgehead atoms. The Kier molecular flexibility index (Phi) is 7.59. The van der Waals surface area contributed by atoms with Gasteiger partial charge in [0.1, 0.15) is 12.2 Å². The zero-order valence-electron chi connectivity index (χ0n) is 17.0. The SMILES string of the molecule is CC(=O)N/C(=C\c1ccccc1)C(=O)NCc1ccc(C[NH+]2CCCCC2)cc1. The Morgan fingerprint density at radius 1 is 0.931 bits per heavy atom. The minimum atomic E-state index is -0.300. The van der Waals surface area contributed by atoms with Gasteiger partial charge in [-0.05, 0) is 36.5 Å². The molecule has 0 atom stereocenters. The van der Waals surface area contributed by atoms with E-state index in [1.54, 1.807) is 11.0 Å². The second kappa shape index (κ2) is 10.6. The molecule has 0 aliphatic carbocycles. The fourth-order valence-corrected chi connectivity index (χ4v) is 3.63. The Morgan fingerprint density at radius 2 is 1.59 bits per heavy atom. The van der Waals surface area contributed by atoms with Crippen LogP contribution >= 0.6 is 0 Å². The quantitative estimate of drug-likeness (QED) is 0.632. The highest BCUT2D eigenvalue weighted by Gasteiger charge is 2.14. The third-order valence-electron chi connectivity index (χ3n) is 5.16. The largest absolute Gasteiger partial charge is 0.347 e. The summed E-state index contributed by atoms with van der Waals surface area (Å²) in [4.78, 5) is 25.7. The second-order valence-electron chi connectivity index (χ2n) is 7.64. The Hall–Kier alpha value is -2.92. The van der Waals surface area contributed by atoms with Crippen molar-refractivity contribution in [3.05, 3.63) is 77.0 Å². The van der Waals surface area contributed by atoms with Crippen molar-refractivity contribution in [1.29, 1.82) is 0 Å². The molecule has 0 spiro atoms. The van der Waals surface area contributed by atoms with Crippen LogP contribution in [0.15, 0.2) is 60.3 Å². The predicted octanol–water partition coefficient (Wildman–Crippen LogP) is 2.05. The van der Waals surface area contributed by atoms with Gasteiger partial charge >= 0.3 is 0 Å². The van der Waals surface area contributed by atoms with Crippen molar-refractivity contribution >= 4 is 17.9 Å². The fraction of sp³-hybridized carbons (Fsp3) is 0.333. The van der Waals surface area contributed by atoms with Crippen molar-refractivity contribution in [2.75, 3.05) is 13.1 Å². The molecule has 0 unspecified atom stereocenters. The lowest BCUT2D eigenvalue weighted by atomic mass is 10.1. The Morgan fingerprint density at radius 3 is 2.24 bits per heavy atom. The molecule has 0 aromatic heterocycles. The highest BCUT2D eigenvalue weighted by atomic mass is 16.2. The van der Waals surface area contributed by atoms with Gasteiger partial charge in [-0.2, -0.15) is 0 Å². The van der Waals surface area contributed by atoms with E-state index in [-0.39, 0.29) is 17.5 Å². The van der Waals surface area contributed by atoms with E-state index in [1.807, 2.05) is 30.3 Å². The first-order valence-corrected chi connectivity index (χ1v) is 10.3. The maximum absolute atomic E-state index is 12.6. The van der Waals surface area contributed by atoms with Crippen LogP contribution in [0.1, 0.15) is 42.9 Å². The molecule has 1 heterocycles. The summed E-state index contributed by atoms with van der Waals surface area (Å²) in [6.45, 7) is 5.41. The van der Waals surface area contributed by atoms with Gasteiger partial charge in [0.2, 0.25) is 5.91 Å². The van der Waals surface area contributed by atoms with Gasteiger partial charge in [-0.15, -0.1) is 0 Å². The number of nitrogens with one attached hydrogen (secondary N) is 3. The van der Waals surface area contributed by atoms with Gasteiger partial charge < -0.3 is 15.5 Å². The number of hydrogen-bond acceptors (Lipinski definition) is 2. The van der Waals surface area contributed by atoms with Crippen LogP contribution in [0.5, 0.6) is 0 Å². The average molecular weight is 393 g/mol. The van der Waals surface area contributed by atoms with Crippen LogP contribution in [-0.2, 0) is 22.7 Å². The summed E-state index contributed by atoms with van der Waals surface area (Å²) in [6.07, 6.45) is 5.70.